The van der Waals surface area contributed by atoms with Crippen LogP contribution < -0.4 is 10.6 Å². The van der Waals surface area contributed by atoms with E-state index in [0.717, 1.165) is 10.2 Å². The van der Waals surface area contributed by atoms with Gasteiger partial charge in [-0.25, -0.2) is 4.98 Å². The van der Waals surface area contributed by atoms with Gasteiger partial charge in [-0.15, -0.1) is 6.58 Å². The van der Waals surface area contributed by atoms with Crippen LogP contribution in [0.3, 0.4) is 0 Å². The maximum atomic E-state index is 6.02. The van der Waals surface area contributed by atoms with E-state index in [4.69, 9.17) is 23.8 Å². The van der Waals surface area contributed by atoms with Crippen molar-refractivity contribution in [2.24, 2.45) is 0 Å². The first-order valence-electron chi connectivity index (χ1n) is 4.53. The zero-order valence-corrected chi connectivity index (χ0v) is 11.8. The third-order valence-electron chi connectivity index (χ3n) is 1.74. The molecule has 0 saturated heterocycles. The van der Waals surface area contributed by atoms with Gasteiger partial charge in [0.05, 0.1) is 10.7 Å². The second-order valence-electron chi connectivity index (χ2n) is 3.01. The van der Waals surface area contributed by atoms with E-state index in [0.29, 0.717) is 22.5 Å². The summed E-state index contributed by atoms with van der Waals surface area (Å²) in [4.78, 5) is 4.28. The molecule has 16 heavy (non-hydrogen) atoms. The van der Waals surface area contributed by atoms with Crippen LogP contribution in [-0.2, 0) is 0 Å². The molecule has 0 atom stereocenters. The zero-order valence-electron chi connectivity index (χ0n) is 8.68. The predicted octanol–water partition coefficient (Wildman–Crippen LogP) is 3.28. The van der Waals surface area contributed by atoms with E-state index in [-0.39, 0.29) is 0 Å². The number of rotatable bonds is 3. The fourth-order valence-electron chi connectivity index (χ4n) is 0.963. The molecule has 0 amide bonds. The van der Waals surface area contributed by atoms with Crippen LogP contribution in [0.4, 0.5) is 5.82 Å². The van der Waals surface area contributed by atoms with Crippen LogP contribution in [0, 0.1) is 6.92 Å². The SMILES string of the molecule is C=CCNC(=S)Nc1nc(C)c(Br)cc1Cl. The number of aryl methyl sites for hydroxylation is 1. The molecule has 0 aromatic carbocycles. The van der Waals surface area contributed by atoms with Crippen molar-refractivity contribution in [1.82, 2.24) is 10.3 Å². The summed E-state index contributed by atoms with van der Waals surface area (Å²) in [5.74, 6) is 0.545. The zero-order chi connectivity index (χ0) is 12.1. The fourth-order valence-corrected chi connectivity index (χ4v) is 1.79. The van der Waals surface area contributed by atoms with E-state index in [2.05, 4.69) is 38.1 Å². The third kappa shape index (κ3) is 3.73. The Balaban J connectivity index is 2.77. The average Bonchev–Trinajstić information content (AvgIpc) is 2.23. The fraction of sp³-hybridized carbons (Fsp3) is 0.200. The molecule has 1 aromatic rings. The molecule has 0 saturated carbocycles. The Bertz CT molecular complexity index is 423. The van der Waals surface area contributed by atoms with Crippen LogP contribution in [0.1, 0.15) is 5.69 Å². The van der Waals surface area contributed by atoms with Crippen LogP contribution >= 0.6 is 39.7 Å². The first-order valence-corrected chi connectivity index (χ1v) is 6.11. The van der Waals surface area contributed by atoms with Crippen molar-refractivity contribution in [3.05, 3.63) is 33.9 Å². The summed E-state index contributed by atoms with van der Waals surface area (Å²) in [7, 11) is 0. The van der Waals surface area contributed by atoms with Crippen molar-refractivity contribution in [3.63, 3.8) is 0 Å². The molecular formula is C10H11BrClN3S. The molecule has 0 spiro atoms. The highest BCUT2D eigenvalue weighted by Gasteiger charge is 2.07. The van der Waals surface area contributed by atoms with Crippen molar-refractivity contribution in [2.75, 3.05) is 11.9 Å². The van der Waals surface area contributed by atoms with Gasteiger partial charge in [-0.05, 0) is 41.1 Å². The van der Waals surface area contributed by atoms with Crippen molar-refractivity contribution in [2.45, 2.75) is 6.92 Å². The Morgan fingerprint density at radius 2 is 2.44 bits per heavy atom. The number of pyridine rings is 1. The molecule has 0 aliphatic carbocycles. The van der Waals surface area contributed by atoms with Gasteiger partial charge >= 0.3 is 0 Å². The molecular weight excluding hydrogens is 310 g/mol. The van der Waals surface area contributed by atoms with Gasteiger partial charge in [-0.1, -0.05) is 17.7 Å². The molecule has 3 nitrogen and oxygen atoms in total. The monoisotopic (exact) mass is 319 g/mol. The van der Waals surface area contributed by atoms with Crippen LogP contribution in [0.15, 0.2) is 23.2 Å². The molecule has 1 aromatic heterocycles. The van der Waals surface area contributed by atoms with Crippen LogP contribution in [0.2, 0.25) is 5.02 Å². The summed E-state index contributed by atoms with van der Waals surface area (Å²) in [6.07, 6.45) is 1.72. The number of hydrogen-bond acceptors (Lipinski definition) is 2. The maximum absolute atomic E-state index is 6.02. The van der Waals surface area contributed by atoms with E-state index in [1.807, 2.05) is 6.92 Å². The highest BCUT2D eigenvalue weighted by Crippen LogP contribution is 2.25. The molecule has 0 radical (unpaired) electrons. The summed E-state index contributed by atoms with van der Waals surface area (Å²) >= 11 is 14.4. The molecule has 1 rings (SSSR count). The first kappa shape index (κ1) is 13.4. The lowest BCUT2D eigenvalue weighted by Crippen LogP contribution is -2.28. The smallest absolute Gasteiger partial charge is 0.172 e. The Kier molecular flexibility index (Phi) is 5.18. The number of halogens is 2. The number of hydrogen-bond donors (Lipinski definition) is 2. The molecule has 6 heteroatoms. The molecule has 0 aliphatic heterocycles. The van der Waals surface area contributed by atoms with Gasteiger partial charge in [0.2, 0.25) is 0 Å². The summed E-state index contributed by atoms with van der Waals surface area (Å²) in [5.41, 5.74) is 0.846. The number of thiocarbonyl (C=S) groups is 1. The van der Waals surface area contributed by atoms with Crippen LogP contribution in [0.5, 0.6) is 0 Å². The summed E-state index contributed by atoms with van der Waals surface area (Å²) in [6, 6.07) is 1.78. The topological polar surface area (TPSA) is 37.0 Å². The molecule has 1 heterocycles. The van der Waals surface area contributed by atoms with E-state index >= 15 is 0 Å². The molecule has 0 unspecified atom stereocenters. The maximum Gasteiger partial charge on any atom is 0.172 e. The predicted molar refractivity (Wildman–Crippen MR) is 76.1 cm³/mol. The van der Waals surface area contributed by atoms with Crippen molar-refractivity contribution >= 4 is 50.7 Å². The number of nitrogens with one attached hydrogen (secondary N) is 2. The molecule has 0 fully saturated rings. The van der Waals surface area contributed by atoms with Gasteiger partial charge < -0.3 is 10.6 Å². The Hall–Kier alpha value is -0.650. The number of anilines is 1. The van der Waals surface area contributed by atoms with Gasteiger partial charge in [0, 0.05) is 11.0 Å². The summed E-state index contributed by atoms with van der Waals surface area (Å²) in [6.45, 7) is 6.06. The van der Waals surface area contributed by atoms with Gasteiger partial charge in [-0.3, -0.25) is 0 Å². The van der Waals surface area contributed by atoms with E-state index in [1.165, 1.54) is 0 Å². The Morgan fingerprint density at radius 3 is 3.06 bits per heavy atom. The minimum absolute atomic E-state index is 0.469. The molecule has 0 bridgehead atoms. The largest absolute Gasteiger partial charge is 0.359 e. The van der Waals surface area contributed by atoms with Crippen LogP contribution in [0.25, 0.3) is 0 Å². The lowest BCUT2D eigenvalue weighted by molar-refractivity contribution is 1.06. The lowest BCUT2D eigenvalue weighted by atomic mass is 10.4. The second kappa shape index (κ2) is 6.18. The van der Waals surface area contributed by atoms with E-state index < -0.39 is 0 Å². The lowest BCUT2D eigenvalue weighted by Gasteiger charge is -2.10. The third-order valence-corrected chi connectivity index (χ3v) is 3.08. The summed E-state index contributed by atoms with van der Waals surface area (Å²) < 4.78 is 0.869. The van der Waals surface area contributed by atoms with Gasteiger partial charge in [0.25, 0.3) is 0 Å². The van der Waals surface area contributed by atoms with E-state index in [9.17, 15) is 0 Å². The van der Waals surface area contributed by atoms with Crippen molar-refractivity contribution in [3.8, 4) is 0 Å². The minimum Gasteiger partial charge on any atom is -0.359 e. The second-order valence-corrected chi connectivity index (χ2v) is 4.68. The minimum atomic E-state index is 0.469. The quantitative estimate of drug-likeness (QED) is 0.662. The van der Waals surface area contributed by atoms with Crippen LogP contribution in [-0.4, -0.2) is 16.6 Å². The average molecular weight is 321 g/mol. The number of aromatic nitrogens is 1. The molecule has 0 aliphatic rings. The Labute approximate surface area is 113 Å². The highest BCUT2D eigenvalue weighted by molar-refractivity contribution is 9.10. The van der Waals surface area contributed by atoms with Crippen molar-refractivity contribution in [1.29, 1.82) is 0 Å². The van der Waals surface area contributed by atoms with Gasteiger partial charge in [-0.2, -0.15) is 0 Å². The molecule has 2 N–H and O–H groups in total. The standard InChI is InChI=1S/C10H11BrClN3S/c1-3-4-13-10(16)15-9-8(12)5-7(11)6(2)14-9/h3,5H,1,4H2,2H3,(H2,13,14,15,16). The normalized spacial score (nSPS) is 9.69. The highest BCUT2D eigenvalue weighted by atomic mass is 79.9. The summed E-state index contributed by atoms with van der Waals surface area (Å²) in [5, 5.41) is 6.84. The molecule has 86 valence electrons. The Morgan fingerprint density at radius 1 is 1.75 bits per heavy atom. The van der Waals surface area contributed by atoms with Crippen molar-refractivity contribution < 1.29 is 0 Å². The van der Waals surface area contributed by atoms with Gasteiger partial charge in [0.1, 0.15) is 0 Å². The first-order chi connectivity index (χ1) is 7.54. The number of nitrogens with zero attached hydrogens (tertiary/aromatic N) is 1. The van der Waals surface area contributed by atoms with E-state index in [1.54, 1.807) is 12.1 Å². The van der Waals surface area contributed by atoms with Gasteiger partial charge in [0.15, 0.2) is 10.9 Å².